The lowest BCUT2D eigenvalue weighted by molar-refractivity contribution is -0.140. The molecule has 0 saturated carbocycles. The number of esters is 2. The predicted octanol–water partition coefficient (Wildman–Crippen LogP) is 0.534. The highest BCUT2D eigenvalue weighted by Crippen LogP contribution is 2.18. The third-order valence-corrected chi connectivity index (χ3v) is 2.63. The van der Waals surface area contributed by atoms with E-state index in [2.05, 4.69) is 14.5 Å². The third kappa shape index (κ3) is 3.84. The fraction of sp³-hybridized carbons (Fsp3) is 0.417. The molecule has 104 valence electrons. The van der Waals surface area contributed by atoms with Crippen molar-refractivity contribution >= 4 is 17.9 Å². The fourth-order valence-corrected chi connectivity index (χ4v) is 1.66. The van der Waals surface area contributed by atoms with Crippen LogP contribution < -0.4 is 0 Å². The van der Waals surface area contributed by atoms with Crippen LogP contribution in [0.4, 0.5) is 0 Å². The van der Waals surface area contributed by atoms with Crippen molar-refractivity contribution in [2.75, 3.05) is 14.2 Å². The minimum Gasteiger partial charge on any atom is -0.481 e. The summed E-state index contributed by atoms with van der Waals surface area (Å²) in [7, 11) is 2.46. The standard InChI is InChI=1S/C12H15NO6/c1-18-10(16)5-8-7(3-4-9(14)15)6-13-11(8)12(17)19-2/h6,13H,3-5H2,1-2H3,(H,14,15). The Labute approximate surface area is 109 Å². The molecule has 7 heteroatoms. The average molecular weight is 269 g/mol. The van der Waals surface area contributed by atoms with Gasteiger partial charge >= 0.3 is 17.9 Å². The van der Waals surface area contributed by atoms with Crippen molar-refractivity contribution in [3.63, 3.8) is 0 Å². The number of hydrogen-bond acceptors (Lipinski definition) is 5. The molecule has 1 heterocycles. The van der Waals surface area contributed by atoms with Crippen LogP contribution in [-0.4, -0.2) is 42.2 Å². The summed E-state index contributed by atoms with van der Waals surface area (Å²) in [5.74, 6) is -2.08. The molecule has 0 aliphatic heterocycles. The smallest absolute Gasteiger partial charge is 0.354 e. The van der Waals surface area contributed by atoms with Crippen LogP contribution in [0.3, 0.4) is 0 Å². The van der Waals surface area contributed by atoms with Gasteiger partial charge in [-0.05, 0) is 17.5 Å². The van der Waals surface area contributed by atoms with Crippen LogP contribution in [0.5, 0.6) is 0 Å². The van der Waals surface area contributed by atoms with E-state index in [1.807, 2.05) is 0 Å². The number of aryl methyl sites for hydroxylation is 1. The van der Waals surface area contributed by atoms with Gasteiger partial charge in [-0.2, -0.15) is 0 Å². The number of aromatic nitrogens is 1. The number of rotatable bonds is 6. The van der Waals surface area contributed by atoms with Gasteiger partial charge in [0.2, 0.25) is 0 Å². The van der Waals surface area contributed by atoms with Gasteiger partial charge in [0.05, 0.1) is 20.6 Å². The molecule has 0 spiro atoms. The molecule has 0 unspecified atom stereocenters. The number of ether oxygens (including phenoxy) is 2. The van der Waals surface area contributed by atoms with Crippen LogP contribution in [0.15, 0.2) is 6.20 Å². The Morgan fingerprint density at radius 1 is 1.26 bits per heavy atom. The molecule has 0 amide bonds. The largest absolute Gasteiger partial charge is 0.481 e. The van der Waals surface area contributed by atoms with Crippen molar-refractivity contribution in [1.82, 2.24) is 4.98 Å². The predicted molar refractivity (Wildman–Crippen MR) is 63.8 cm³/mol. The molecule has 19 heavy (non-hydrogen) atoms. The zero-order valence-electron chi connectivity index (χ0n) is 10.7. The Morgan fingerprint density at radius 3 is 2.47 bits per heavy atom. The number of methoxy groups -OCH3 is 2. The number of carbonyl (C=O) groups is 3. The normalized spacial score (nSPS) is 10.0. The van der Waals surface area contributed by atoms with Crippen molar-refractivity contribution in [2.24, 2.45) is 0 Å². The first kappa shape index (κ1) is 14.7. The summed E-state index contributed by atoms with van der Waals surface area (Å²) in [6.07, 6.45) is 1.52. The number of aromatic amines is 1. The summed E-state index contributed by atoms with van der Waals surface area (Å²) >= 11 is 0. The highest BCUT2D eigenvalue weighted by molar-refractivity contribution is 5.91. The van der Waals surface area contributed by atoms with E-state index < -0.39 is 17.9 Å². The van der Waals surface area contributed by atoms with E-state index in [1.165, 1.54) is 20.4 Å². The van der Waals surface area contributed by atoms with E-state index in [9.17, 15) is 14.4 Å². The Hall–Kier alpha value is -2.31. The fourth-order valence-electron chi connectivity index (χ4n) is 1.66. The SMILES string of the molecule is COC(=O)Cc1c(CCC(=O)O)c[nH]c1C(=O)OC. The number of hydrogen-bond donors (Lipinski definition) is 2. The van der Waals surface area contributed by atoms with Gasteiger partial charge in [-0.3, -0.25) is 9.59 Å². The van der Waals surface area contributed by atoms with Crippen LogP contribution >= 0.6 is 0 Å². The molecular formula is C12H15NO6. The number of aliphatic carboxylic acids is 1. The van der Waals surface area contributed by atoms with E-state index >= 15 is 0 Å². The molecule has 0 aliphatic rings. The second kappa shape index (κ2) is 6.58. The van der Waals surface area contributed by atoms with Crippen LogP contribution in [0.25, 0.3) is 0 Å². The van der Waals surface area contributed by atoms with E-state index in [0.717, 1.165) is 0 Å². The van der Waals surface area contributed by atoms with Gasteiger partial charge in [0.15, 0.2) is 0 Å². The third-order valence-electron chi connectivity index (χ3n) is 2.63. The molecule has 0 aliphatic carbocycles. The number of H-pyrrole nitrogens is 1. The van der Waals surface area contributed by atoms with Crippen LogP contribution in [-0.2, 0) is 31.9 Å². The monoisotopic (exact) mass is 269 g/mol. The summed E-state index contributed by atoms with van der Waals surface area (Å²) in [4.78, 5) is 36.1. The highest BCUT2D eigenvalue weighted by Gasteiger charge is 2.20. The molecule has 0 aromatic carbocycles. The zero-order valence-corrected chi connectivity index (χ0v) is 10.7. The first-order valence-corrected chi connectivity index (χ1v) is 5.55. The Morgan fingerprint density at radius 2 is 1.95 bits per heavy atom. The molecule has 0 bridgehead atoms. The Kier molecular flexibility index (Phi) is 5.11. The minimum absolute atomic E-state index is 0.0906. The van der Waals surface area contributed by atoms with Crippen LogP contribution in [0.1, 0.15) is 28.0 Å². The van der Waals surface area contributed by atoms with E-state index in [0.29, 0.717) is 11.1 Å². The van der Waals surface area contributed by atoms with E-state index in [1.54, 1.807) is 0 Å². The lowest BCUT2D eigenvalue weighted by Crippen LogP contribution is -2.12. The molecule has 1 aromatic heterocycles. The first-order valence-electron chi connectivity index (χ1n) is 5.55. The maximum atomic E-state index is 11.5. The average Bonchev–Trinajstić information content (AvgIpc) is 2.78. The van der Waals surface area contributed by atoms with Gasteiger partial charge in [-0.15, -0.1) is 0 Å². The maximum Gasteiger partial charge on any atom is 0.354 e. The van der Waals surface area contributed by atoms with Crippen molar-refractivity contribution in [3.8, 4) is 0 Å². The lowest BCUT2D eigenvalue weighted by Gasteiger charge is -2.05. The van der Waals surface area contributed by atoms with Crippen LogP contribution in [0, 0.1) is 0 Å². The molecule has 7 nitrogen and oxygen atoms in total. The number of carbonyl (C=O) groups excluding carboxylic acids is 2. The van der Waals surface area contributed by atoms with Crippen LogP contribution in [0.2, 0.25) is 0 Å². The van der Waals surface area contributed by atoms with Gasteiger partial charge in [0.25, 0.3) is 0 Å². The summed E-state index contributed by atoms with van der Waals surface area (Å²) < 4.78 is 9.14. The van der Waals surface area contributed by atoms with Gasteiger partial charge in [0.1, 0.15) is 5.69 Å². The molecule has 0 fully saturated rings. The lowest BCUT2D eigenvalue weighted by atomic mass is 10.0. The van der Waals surface area contributed by atoms with Crippen molar-refractivity contribution in [2.45, 2.75) is 19.3 Å². The van der Waals surface area contributed by atoms with Gasteiger partial charge < -0.3 is 19.6 Å². The summed E-state index contributed by atoms with van der Waals surface area (Å²) in [6, 6.07) is 0. The molecule has 0 atom stereocenters. The van der Waals surface area contributed by atoms with E-state index in [4.69, 9.17) is 5.11 Å². The molecule has 0 radical (unpaired) electrons. The number of carboxylic acids is 1. The van der Waals surface area contributed by atoms with Gasteiger partial charge in [0, 0.05) is 12.6 Å². The summed E-state index contributed by atoms with van der Waals surface area (Å²) in [5, 5.41) is 8.66. The first-order chi connectivity index (χ1) is 8.99. The summed E-state index contributed by atoms with van der Waals surface area (Å²) in [5.41, 5.74) is 1.15. The minimum atomic E-state index is -0.954. The number of nitrogens with one attached hydrogen (secondary N) is 1. The Balaban J connectivity index is 3.02. The molecule has 2 N–H and O–H groups in total. The van der Waals surface area contributed by atoms with Crippen molar-refractivity contribution < 1.29 is 29.0 Å². The maximum absolute atomic E-state index is 11.5. The molecule has 0 saturated heterocycles. The van der Waals surface area contributed by atoms with Crippen molar-refractivity contribution in [3.05, 3.63) is 23.0 Å². The molecule has 1 rings (SSSR count). The Bertz CT molecular complexity index is 490. The topological polar surface area (TPSA) is 106 Å². The van der Waals surface area contributed by atoms with Gasteiger partial charge in [-0.1, -0.05) is 0 Å². The zero-order chi connectivity index (χ0) is 14.4. The molecular weight excluding hydrogens is 254 g/mol. The highest BCUT2D eigenvalue weighted by atomic mass is 16.5. The number of carboxylic acid groups (broad SMARTS) is 1. The van der Waals surface area contributed by atoms with E-state index in [-0.39, 0.29) is 25.0 Å². The summed E-state index contributed by atoms with van der Waals surface area (Å²) in [6.45, 7) is 0. The van der Waals surface area contributed by atoms with Crippen molar-refractivity contribution in [1.29, 1.82) is 0 Å². The second-order valence-electron chi connectivity index (χ2n) is 3.81. The molecule has 1 aromatic rings. The van der Waals surface area contributed by atoms with Gasteiger partial charge in [-0.25, -0.2) is 4.79 Å². The second-order valence-corrected chi connectivity index (χ2v) is 3.81. The quantitative estimate of drug-likeness (QED) is 0.730.